The van der Waals surface area contributed by atoms with Crippen molar-refractivity contribution < 1.29 is 14.0 Å². The van der Waals surface area contributed by atoms with Crippen LogP contribution in [0, 0.1) is 12.7 Å². The number of halogens is 1. The summed E-state index contributed by atoms with van der Waals surface area (Å²) >= 11 is 1.26. The van der Waals surface area contributed by atoms with Crippen LogP contribution >= 0.6 is 11.8 Å². The van der Waals surface area contributed by atoms with E-state index in [2.05, 4.69) is 15.5 Å². The molecule has 3 aromatic carbocycles. The minimum absolute atomic E-state index is 0.0205. The molecule has 4 aromatic rings. The van der Waals surface area contributed by atoms with Crippen LogP contribution in [-0.2, 0) is 17.8 Å². The van der Waals surface area contributed by atoms with E-state index in [4.69, 9.17) is 0 Å². The largest absolute Gasteiger partial charge is 0.345 e. The van der Waals surface area contributed by atoms with Gasteiger partial charge in [-0.2, -0.15) is 0 Å². The molecule has 0 atom stereocenters. The van der Waals surface area contributed by atoms with Gasteiger partial charge in [0.25, 0.3) is 5.91 Å². The Hall–Kier alpha value is -3.98. The molecule has 1 aromatic heterocycles. The number of anilines is 1. The van der Waals surface area contributed by atoms with Gasteiger partial charge in [0, 0.05) is 23.5 Å². The number of aromatic nitrogens is 3. The van der Waals surface area contributed by atoms with Gasteiger partial charge in [0.1, 0.15) is 5.82 Å². The molecule has 1 N–H and O–H groups in total. The zero-order valence-electron chi connectivity index (χ0n) is 19.6. The van der Waals surface area contributed by atoms with Crippen LogP contribution in [-0.4, -0.2) is 38.9 Å². The third kappa shape index (κ3) is 5.01. The van der Waals surface area contributed by atoms with Crippen LogP contribution < -0.4 is 10.2 Å². The first-order valence-electron chi connectivity index (χ1n) is 11.6. The van der Waals surface area contributed by atoms with Crippen molar-refractivity contribution >= 4 is 29.3 Å². The van der Waals surface area contributed by atoms with Crippen molar-refractivity contribution in [1.82, 2.24) is 20.1 Å². The predicted octanol–water partition coefficient (Wildman–Crippen LogP) is 4.33. The number of aryl methyl sites for hydroxylation is 1. The van der Waals surface area contributed by atoms with Gasteiger partial charge < -0.3 is 10.2 Å². The second-order valence-electron chi connectivity index (χ2n) is 8.48. The Morgan fingerprint density at radius 1 is 1.03 bits per heavy atom. The molecule has 2 amide bonds. The number of carbonyl (C=O) groups excluding carboxylic acids is 2. The van der Waals surface area contributed by atoms with Crippen molar-refractivity contribution in [1.29, 1.82) is 0 Å². The number of carbonyl (C=O) groups is 2. The Labute approximate surface area is 212 Å². The summed E-state index contributed by atoms with van der Waals surface area (Å²) in [6.07, 6.45) is 0.836. The molecule has 0 radical (unpaired) electrons. The molecule has 182 valence electrons. The van der Waals surface area contributed by atoms with E-state index in [0.29, 0.717) is 28.8 Å². The lowest BCUT2D eigenvalue weighted by Crippen LogP contribution is -2.30. The standard InChI is InChI=1S/C27H24FN5O2S/c1-18-5-4-7-20(15-18)26(35)29-16-24-30-31-27(33(24)22-11-9-21(28)10-12-22)36-17-25(34)32-14-13-19-6-2-3-8-23(19)32/h2-12,15H,13-14,16-17H2,1H3,(H,29,35). The molecule has 7 nitrogen and oxygen atoms in total. The van der Waals surface area contributed by atoms with E-state index in [9.17, 15) is 14.0 Å². The SMILES string of the molecule is Cc1cccc(C(=O)NCc2nnc(SCC(=O)N3CCc4ccccc43)n2-c2ccc(F)cc2)c1. The van der Waals surface area contributed by atoms with E-state index in [1.807, 2.05) is 49.4 Å². The lowest BCUT2D eigenvalue weighted by Gasteiger charge is -2.17. The molecule has 0 saturated heterocycles. The minimum Gasteiger partial charge on any atom is -0.345 e. The van der Waals surface area contributed by atoms with Gasteiger partial charge in [0.15, 0.2) is 11.0 Å². The first kappa shape index (κ1) is 23.7. The number of benzene rings is 3. The highest BCUT2D eigenvalue weighted by Gasteiger charge is 2.25. The number of para-hydroxylation sites is 1. The summed E-state index contributed by atoms with van der Waals surface area (Å²) in [5.41, 5.74) is 4.29. The maximum Gasteiger partial charge on any atom is 0.251 e. The van der Waals surface area contributed by atoms with Crippen molar-refractivity contribution in [3.05, 3.63) is 101 Å². The summed E-state index contributed by atoms with van der Waals surface area (Å²) in [5.74, 6) is 0.0307. The monoisotopic (exact) mass is 501 g/mol. The van der Waals surface area contributed by atoms with Gasteiger partial charge in [-0.15, -0.1) is 10.2 Å². The van der Waals surface area contributed by atoms with Crippen LogP contribution in [0.15, 0.2) is 78.0 Å². The summed E-state index contributed by atoms with van der Waals surface area (Å²) in [5, 5.41) is 11.9. The zero-order valence-corrected chi connectivity index (χ0v) is 20.5. The van der Waals surface area contributed by atoms with E-state index < -0.39 is 0 Å². The molecule has 0 aliphatic carbocycles. The molecular weight excluding hydrogens is 477 g/mol. The highest BCUT2D eigenvalue weighted by molar-refractivity contribution is 7.99. The smallest absolute Gasteiger partial charge is 0.251 e. The van der Waals surface area contributed by atoms with Gasteiger partial charge in [0.05, 0.1) is 12.3 Å². The molecule has 9 heteroatoms. The number of thioether (sulfide) groups is 1. The van der Waals surface area contributed by atoms with Gasteiger partial charge in [-0.1, -0.05) is 47.7 Å². The zero-order chi connectivity index (χ0) is 25.1. The topological polar surface area (TPSA) is 80.1 Å². The van der Waals surface area contributed by atoms with E-state index in [1.165, 1.54) is 23.9 Å². The maximum absolute atomic E-state index is 13.6. The van der Waals surface area contributed by atoms with Crippen molar-refractivity contribution in [2.75, 3.05) is 17.2 Å². The first-order chi connectivity index (χ1) is 17.5. The number of hydrogen-bond donors (Lipinski definition) is 1. The second kappa shape index (κ2) is 10.3. The van der Waals surface area contributed by atoms with E-state index in [-0.39, 0.29) is 29.9 Å². The molecular formula is C27H24FN5O2S. The summed E-state index contributed by atoms with van der Waals surface area (Å²) in [6, 6.07) is 21.2. The average molecular weight is 502 g/mol. The summed E-state index contributed by atoms with van der Waals surface area (Å²) in [6.45, 7) is 2.69. The Bertz CT molecular complexity index is 1420. The molecule has 2 heterocycles. The van der Waals surface area contributed by atoms with Crippen LogP contribution in [0.1, 0.15) is 27.3 Å². The van der Waals surface area contributed by atoms with Crippen molar-refractivity contribution in [3.8, 4) is 5.69 Å². The summed E-state index contributed by atoms with van der Waals surface area (Å²) < 4.78 is 15.3. The Kier molecular flexibility index (Phi) is 6.81. The summed E-state index contributed by atoms with van der Waals surface area (Å²) in [7, 11) is 0. The van der Waals surface area contributed by atoms with E-state index in [0.717, 1.165) is 23.2 Å². The maximum atomic E-state index is 13.6. The van der Waals surface area contributed by atoms with Crippen molar-refractivity contribution in [2.45, 2.75) is 25.0 Å². The predicted molar refractivity (Wildman–Crippen MR) is 137 cm³/mol. The molecule has 0 unspecified atom stereocenters. The molecule has 5 rings (SSSR count). The molecule has 36 heavy (non-hydrogen) atoms. The number of amides is 2. The van der Waals surface area contributed by atoms with Crippen LogP contribution in [0.25, 0.3) is 5.69 Å². The van der Waals surface area contributed by atoms with Crippen LogP contribution in [0.2, 0.25) is 0 Å². The number of nitrogens with zero attached hydrogens (tertiary/aromatic N) is 4. The lowest BCUT2D eigenvalue weighted by atomic mass is 10.1. The van der Waals surface area contributed by atoms with Gasteiger partial charge in [-0.3, -0.25) is 14.2 Å². The Balaban J connectivity index is 1.34. The number of rotatable bonds is 7. The average Bonchev–Trinajstić information content (AvgIpc) is 3.50. The molecule has 0 fully saturated rings. The molecule has 0 spiro atoms. The molecule has 0 saturated carbocycles. The fourth-order valence-electron chi connectivity index (χ4n) is 4.21. The second-order valence-corrected chi connectivity index (χ2v) is 9.42. The van der Waals surface area contributed by atoms with Crippen LogP contribution in [0.3, 0.4) is 0 Å². The highest BCUT2D eigenvalue weighted by Crippen LogP contribution is 2.29. The van der Waals surface area contributed by atoms with Crippen LogP contribution in [0.4, 0.5) is 10.1 Å². The number of fused-ring (bicyclic) bond motifs is 1. The van der Waals surface area contributed by atoms with Crippen molar-refractivity contribution in [2.24, 2.45) is 0 Å². The summed E-state index contributed by atoms with van der Waals surface area (Å²) in [4.78, 5) is 27.5. The van der Waals surface area contributed by atoms with Gasteiger partial charge in [-0.25, -0.2) is 4.39 Å². The third-order valence-corrected chi connectivity index (χ3v) is 6.90. The van der Waals surface area contributed by atoms with Crippen LogP contribution in [0.5, 0.6) is 0 Å². The van der Waals surface area contributed by atoms with Gasteiger partial charge >= 0.3 is 0 Å². The molecule has 0 bridgehead atoms. The Morgan fingerprint density at radius 3 is 2.64 bits per heavy atom. The van der Waals surface area contributed by atoms with Crippen molar-refractivity contribution in [3.63, 3.8) is 0 Å². The normalized spacial score (nSPS) is 12.4. The quantitative estimate of drug-likeness (QED) is 0.382. The number of hydrogen-bond acceptors (Lipinski definition) is 5. The van der Waals surface area contributed by atoms with Gasteiger partial charge in [-0.05, 0) is 61.4 Å². The molecule has 1 aliphatic rings. The van der Waals surface area contributed by atoms with E-state index >= 15 is 0 Å². The highest BCUT2D eigenvalue weighted by atomic mass is 32.2. The Morgan fingerprint density at radius 2 is 1.83 bits per heavy atom. The third-order valence-electron chi connectivity index (χ3n) is 5.99. The first-order valence-corrected chi connectivity index (χ1v) is 12.5. The minimum atomic E-state index is -0.363. The fraction of sp³-hybridized carbons (Fsp3) is 0.185. The van der Waals surface area contributed by atoms with Gasteiger partial charge in [0.2, 0.25) is 5.91 Å². The number of nitrogens with one attached hydrogen (secondary N) is 1. The lowest BCUT2D eigenvalue weighted by molar-refractivity contribution is -0.116. The molecule has 1 aliphatic heterocycles. The van der Waals surface area contributed by atoms with E-state index in [1.54, 1.807) is 27.7 Å². The fourth-order valence-corrected chi connectivity index (χ4v) is 5.05.